The van der Waals surface area contributed by atoms with Crippen LogP contribution < -0.4 is 5.73 Å². The third-order valence-corrected chi connectivity index (χ3v) is 8.45. The summed E-state index contributed by atoms with van der Waals surface area (Å²) in [6.45, 7) is -0.0193. The first-order valence-electron chi connectivity index (χ1n) is 12.2. The zero-order chi connectivity index (χ0) is 26.6. The maximum atomic E-state index is 15.5. The van der Waals surface area contributed by atoms with Crippen molar-refractivity contribution in [2.24, 2.45) is 5.73 Å². The summed E-state index contributed by atoms with van der Waals surface area (Å²) < 4.78 is 31.6. The van der Waals surface area contributed by atoms with E-state index >= 15 is 4.39 Å². The number of carbonyl (C=O) groups excluding carboxylic acids is 1. The first-order valence-corrected chi connectivity index (χ1v) is 13.0. The molecule has 2 unspecified atom stereocenters. The number of fused-ring (bicyclic) bond motifs is 3. The van der Waals surface area contributed by atoms with Crippen LogP contribution in [0.5, 0.6) is 0 Å². The van der Waals surface area contributed by atoms with Crippen molar-refractivity contribution in [1.29, 1.82) is 10.5 Å². The fraction of sp³-hybridized carbons (Fsp3) is 0.296. The zero-order valence-electron chi connectivity index (χ0n) is 20.1. The van der Waals surface area contributed by atoms with Crippen LogP contribution in [0.4, 0.5) is 8.78 Å². The summed E-state index contributed by atoms with van der Waals surface area (Å²) in [4.78, 5) is 20.6. The molecule has 0 spiro atoms. The van der Waals surface area contributed by atoms with Gasteiger partial charge in [-0.2, -0.15) is 15.6 Å². The Hall–Kier alpha value is -4.19. The molecule has 1 amide bonds. The molecule has 6 rings (SSSR count). The third-order valence-electron chi connectivity index (χ3n) is 7.37. The largest absolute Gasteiger partial charge is 0.331 e. The topological polar surface area (TPSA) is 125 Å². The number of hydrogen-bond acceptors (Lipinski definition) is 7. The van der Waals surface area contributed by atoms with Crippen molar-refractivity contribution in [1.82, 2.24) is 19.7 Å². The van der Waals surface area contributed by atoms with E-state index in [1.165, 1.54) is 35.1 Å². The fourth-order valence-electron chi connectivity index (χ4n) is 5.67. The number of thiazole rings is 1. The van der Waals surface area contributed by atoms with E-state index in [0.717, 1.165) is 37.0 Å². The molecule has 11 heteroatoms. The second-order valence-electron chi connectivity index (χ2n) is 9.68. The summed E-state index contributed by atoms with van der Waals surface area (Å²) in [6.07, 6.45) is 4.69. The summed E-state index contributed by atoms with van der Waals surface area (Å²) in [6, 6.07) is 10.9. The molecule has 2 aromatic heterocycles. The Bertz CT molecular complexity index is 1670. The zero-order valence-corrected chi connectivity index (χ0v) is 20.9. The highest BCUT2D eigenvalue weighted by atomic mass is 32.1. The lowest BCUT2D eigenvalue weighted by Gasteiger charge is -2.37. The van der Waals surface area contributed by atoms with Crippen LogP contribution in [0, 0.1) is 34.3 Å². The molecule has 2 aliphatic heterocycles. The number of hydrogen-bond donors (Lipinski definition) is 1. The number of nitrogens with two attached hydrogens (primary N) is 1. The lowest BCUT2D eigenvalue weighted by atomic mass is 9.98. The lowest BCUT2D eigenvalue weighted by Crippen LogP contribution is -2.50. The van der Waals surface area contributed by atoms with E-state index < -0.39 is 11.6 Å². The number of nitrogens with zero attached hydrogens (tertiary/aromatic N) is 6. The van der Waals surface area contributed by atoms with E-state index in [0.29, 0.717) is 21.3 Å². The number of rotatable bonds is 4. The van der Waals surface area contributed by atoms with Crippen molar-refractivity contribution < 1.29 is 13.6 Å². The van der Waals surface area contributed by atoms with E-state index in [1.54, 1.807) is 12.1 Å². The first-order chi connectivity index (χ1) is 18.4. The van der Waals surface area contributed by atoms with Crippen molar-refractivity contribution in [2.45, 2.75) is 50.4 Å². The highest BCUT2D eigenvalue weighted by molar-refractivity contribution is 7.17. The molecule has 0 saturated carbocycles. The normalized spacial score (nSPS) is 20.4. The van der Waals surface area contributed by atoms with E-state index in [-0.39, 0.29) is 52.4 Å². The molecule has 4 aromatic rings. The number of benzene rings is 2. The van der Waals surface area contributed by atoms with Gasteiger partial charge in [0.05, 0.1) is 33.9 Å². The molecule has 0 aliphatic carbocycles. The molecule has 8 nitrogen and oxygen atoms in total. The Morgan fingerprint density at radius 2 is 1.89 bits per heavy atom. The summed E-state index contributed by atoms with van der Waals surface area (Å²) >= 11 is 1.05. The summed E-state index contributed by atoms with van der Waals surface area (Å²) in [5.74, 6) is -1.54. The molecule has 2 fully saturated rings. The minimum atomic E-state index is -0.733. The molecule has 38 heavy (non-hydrogen) atoms. The van der Waals surface area contributed by atoms with Gasteiger partial charge in [0, 0.05) is 34.6 Å². The minimum Gasteiger partial charge on any atom is -0.331 e. The SMILES string of the molecule is N#CCn1ncc2cc(F)c(-c3sc(C(=O)N4C5CCC4CC(N)C5)nc3-c3ccc(C#N)c(F)c3)cc21. The Morgan fingerprint density at radius 3 is 2.58 bits per heavy atom. The molecule has 2 aromatic carbocycles. The molecule has 2 N–H and O–H groups in total. The van der Waals surface area contributed by atoms with Crippen LogP contribution in [-0.2, 0) is 6.54 Å². The maximum absolute atomic E-state index is 15.5. The molecule has 2 atom stereocenters. The molecule has 4 heterocycles. The van der Waals surface area contributed by atoms with Gasteiger partial charge in [-0.25, -0.2) is 13.8 Å². The van der Waals surface area contributed by atoms with Crippen LogP contribution in [0.1, 0.15) is 41.0 Å². The first kappa shape index (κ1) is 24.2. The van der Waals surface area contributed by atoms with Gasteiger partial charge in [-0.15, -0.1) is 11.3 Å². The minimum absolute atomic E-state index is 0.0193. The number of halogens is 2. The van der Waals surface area contributed by atoms with Crippen LogP contribution in [0.15, 0.2) is 36.5 Å². The van der Waals surface area contributed by atoms with E-state index in [4.69, 9.17) is 16.3 Å². The number of piperidine rings is 1. The quantitative estimate of drug-likeness (QED) is 0.412. The van der Waals surface area contributed by atoms with Gasteiger partial charge in [-0.05, 0) is 49.9 Å². The number of carbonyl (C=O) groups is 1. The van der Waals surface area contributed by atoms with Gasteiger partial charge < -0.3 is 10.6 Å². The third kappa shape index (κ3) is 3.92. The number of nitriles is 2. The van der Waals surface area contributed by atoms with E-state index in [9.17, 15) is 9.18 Å². The summed E-state index contributed by atoms with van der Waals surface area (Å²) in [5.41, 5.74) is 7.33. The van der Waals surface area contributed by atoms with E-state index in [2.05, 4.69) is 10.1 Å². The molecular formula is C27H21F2N7OS. The predicted molar refractivity (Wildman–Crippen MR) is 137 cm³/mol. The highest BCUT2D eigenvalue weighted by Gasteiger charge is 2.43. The predicted octanol–water partition coefficient (Wildman–Crippen LogP) is 4.59. The second kappa shape index (κ2) is 9.28. The summed E-state index contributed by atoms with van der Waals surface area (Å²) in [7, 11) is 0. The molecule has 2 bridgehead atoms. The monoisotopic (exact) mass is 529 g/mol. The van der Waals surface area contributed by atoms with Crippen LogP contribution in [0.3, 0.4) is 0 Å². The van der Waals surface area contributed by atoms with Crippen molar-refractivity contribution in [2.75, 3.05) is 0 Å². The van der Waals surface area contributed by atoms with Gasteiger partial charge in [0.15, 0.2) is 5.01 Å². The second-order valence-corrected chi connectivity index (χ2v) is 10.7. The highest BCUT2D eigenvalue weighted by Crippen LogP contribution is 2.42. The lowest BCUT2D eigenvalue weighted by molar-refractivity contribution is 0.0575. The van der Waals surface area contributed by atoms with Crippen molar-refractivity contribution >= 4 is 28.1 Å². The average Bonchev–Trinajstić information content (AvgIpc) is 3.58. The number of aromatic nitrogens is 3. The van der Waals surface area contributed by atoms with Crippen LogP contribution in [0.2, 0.25) is 0 Å². The van der Waals surface area contributed by atoms with Crippen LogP contribution >= 0.6 is 11.3 Å². The van der Waals surface area contributed by atoms with Crippen LogP contribution in [0.25, 0.3) is 32.6 Å². The van der Waals surface area contributed by atoms with E-state index in [1.807, 2.05) is 11.0 Å². The Kier molecular flexibility index (Phi) is 5.90. The Morgan fingerprint density at radius 1 is 1.13 bits per heavy atom. The van der Waals surface area contributed by atoms with Crippen LogP contribution in [-0.4, -0.2) is 43.7 Å². The molecule has 2 aliphatic rings. The van der Waals surface area contributed by atoms with Crippen molar-refractivity contribution in [3.8, 4) is 33.8 Å². The molecule has 190 valence electrons. The standard InChI is InChI=1S/C27H21F2N7OS/c28-21-7-14(1-2-15(21)12-31)24-25(20-11-23-16(8-22(20)29)13-33-35(23)6-5-30)38-26(34-24)27(37)36-18-3-4-19(36)10-17(32)9-18/h1-2,7-8,11,13,17-19H,3-4,6,9-10,32H2. The van der Waals surface area contributed by atoms with Crippen molar-refractivity contribution in [3.63, 3.8) is 0 Å². The van der Waals surface area contributed by atoms with Gasteiger partial charge >= 0.3 is 0 Å². The molecular weight excluding hydrogens is 508 g/mol. The Labute approximate surface area is 220 Å². The fourth-order valence-corrected chi connectivity index (χ4v) is 6.72. The smallest absolute Gasteiger partial charge is 0.283 e. The molecule has 2 saturated heterocycles. The average molecular weight is 530 g/mol. The van der Waals surface area contributed by atoms with Gasteiger partial charge in [0.1, 0.15) is 24.2 Å². The van der Waals surface area contributed by atoms with Gasteiger partial charge in [0.2, 0.25) is 0 Å². The van der Waals surface area contributed by atoms with Gasteiger partial charge in [0.25, 0.3) is 5.91 Å². The number of amides is 1. The Balaban J connectivity index is 1.51. The van der Waals surface area contributed by atoms with Crippen molar-refractivity contribution in [3.05, 3.63) is 58.7 Å². The molecule has 0 radical (unpaired) electrons. The summed E-state index contributed by atoms with van der Waals surface area (Å²) in [5, 5.41) is 23.2. The van der Waals surface area contributed by atoms with Gasteiger partial charge in [-0.3, -0.25) is 9.48 Å². The maximum Gasteiger partial charge on any atom is 0.283 e. The van der Waals surface area contributed by atoms with Gasteiger partial charge in [-0.1, -0.05) is 6.07 Å².